The monoisotopic (exact) mass is 403 g/mol. The van der Waals surface area contributed by atoms with Gasteiger partial charge < -0.3 is 10.2 Å². The minimum Gasteiger partial charge on any atom is -0.338 e. The Kier molecular flexibility index (Phi) is 3.23. The van der Waals surface area contributed by atoms with Crippen LogP contribution in [0.2, 0.25) is 5.02 Å². The lowest BCUT2D eigenvalue weighted by Crippen LogP contribution is -2.48. The van der Waals surface area contributed by atoms with Crippen molar-refractivity contribution in [3.05, 3.63) is 64.2 Å². The number of alkyl halides is 1. The average molecular weight is 404 g/mol. The van der Waals surface area contributed by atoms with Crippen LogP contribution in [0.3, 0.4) is 0 Å². The van der Waals surface area contributed by atoms with Crippen LogP contribution in [-0.2, 0) is 6.52 Å². The number of aryl methyl sites for hydroxylation is 1. The van der Waals surface area contributed by atoms with Crippen LogP contribution in [0.4, 0.5) is 8.78 Å². The summed E-state index contributed by atoms with van der Waals surface area (Å²) in [5, 5.41) is 1.42. The summed E-state index contributed by atoms with van der Waals surface area (Å²) in [6.07, 6.45) is -6.76. The van der Waals surface area contributed by atoms with Crippen molar-refractivity contribution in [3.8, 4) is 0 Å². The number of rotatable bonds is 5. The normalized spacial score (nSPS) is 31.6. The number of likely N-dealkylation sites (tertiary alicyclic amines) is 1. The van der Waals surface area contributed by atoms with E-state index >= 15 is 4.39 Å². The molecule has 1 aliphatic rings. The fourth-order valence-corrected chi connectivity index (χ4v) is 2.25. The third-order valence-electron chi connectivity index (χ3n) is 3.52. The van der Waals surface area contributed by atoms with Crippen LogP contribution >= 0.6 is 11.6 Å². The highest BCUT2D eigenvalue weighted by Crippen LogP contribution is 2.27. The molecule has 2 unspecified atom stereocenters. The largest absolute Gasteiger partial charge is 0.338 e. The molecular weight excluding hydrogens is 372 g/mol. The summed E-state index contributed by atoms with van der Waals surface area (Å²) in [5.74, 6) is -2.60. The van der Waals surface area contributed by atoms with Gasteiger partial charge in [0.1, 0.15) is 11.5 Å². The van der Waals surface area contributed by atoms with Crippen LogP contribution < -0.4 is 5.32 Å². The Morgan fingerprint density at radius 1 is 1.41 bits per heavy atom. The second kappa shape index (κ2) is 8.31. The smallest absolute Gasteiger partial charge is 0.253 e. The van der Waals surface area contributed by atoms with Crippen LogP contribution in [0.25, 0.3) is 0 Å². The highest BCUT2D eigenvalue weighted by Gasteiger charge is 2.35. The van der Waals surface area contributed by atoms with E-state index in [9.17, 15) is 9.18 Å². The number of carbonyl (C=O) groups is 1. The van der Waals surface area contributed by atoms with E-state index in [1.807, 2.05) is 5.32 Å². The van der Waals surface area contributed by atoms with E-state index in [1.165, 1.54) is 12.3 Å². The van der Waals surface area contributed by atoms with Crippen molar-refractivity contribution in [2.24, 2.45) is 0 Å². The van der Waals surface area contributed by atoms with Crippen molar-refractivity contribution >= 4 is 17.5 Å². The van der Waals surface area contributed by atoms with Crippen LogP contribution in [0.15, 0.2) is 36.5 Å². The van der Waals surface area contributed by atoms with Gasteiger partial charge in [0.15, 0.2) is 0 Å². The first-order valence-corrected chi connectivity index (χ1v) is 8.14. The molecule has 1 amide bonds. The average Bonchev–Trinajstić information content (AvgIpc) is 2.79. The molecule has 27 heavy (non-hydrogen) atoms. The highest BCUT2D eigenvalue weighted by molar-refractivity contribution is 6.31. The molecule has 0 saturated carbocycles. The van der Waals surface area contributed by atoms with Gasteiger partial charge in [-0.1, -0.05) is 17.7 Å². The molecule has 7 heteroatoms. The third kappa shape index (κ3) is 5.02. The lowest BCUT2D eigenvalue weighted by atomic mass is 9.92. The van der Waals surface area contributed by atoms with Crippen LogP contribution in [0.5, 0.6) is 0 Å². The Morgan fingerprint density at radius 3 is 2.78 bits per heavy atom. The molecule has 0 spiro atoms. The minimum absolute atomic E-state index is 0.0422. The molecule has 144 valence electrons. The molecule has 4 nitrogen and oxygen atoms in total. The summed E-state index contributed by atoms with van der Waals surface area (Å²) in [4.78, 5) is 16.6. The van der Waals surface area contributed by atoms with Crippen molar-refractivity contribution in [1.82, 2.24) is 15.2 Å². The zero-order chi connectivity index (χ0) is 28.4. The Hall–Kier alpha value is -2.05. The molecule has 2 aromatic rings. The molecule has 1 fully saturated rings. The maximum absolute atomic E-state index is 16.6. The number of pyridine rings is 1. The fourth-order valence-electron chi connectivity index (χ4n) is 2.07. The SMILES string of the molecule is [2H]C(NC([2H])C1(F)C([2H])([2H])C([2H])([2H])N(C(=O)c2ccc(F)c(Cl)c2)C([2H])([2H])C1([2H])[2H])c1ccc(C)cn1. The molecule has 1 aromatic carbocycles. The van der Waals surface area contributed by atoms with Gasteiger partial charge in [-0.25, -0.2) is 8.78 Å². The number of benzene rings is 1. The number of piperidine rings is 1. The van der Waals surface area contributed by atoms with E-state index in [0.29, 0.717) is 17.7 Å². The van der Waals surface area contributed by atoms with Gasteiger partial charge in [-0.2, -0.15) is 0 Å². The van der Waals surface area contributed by atoms with E-state index in [2.05, 4.69) is 4.98 Å². The van der Waals surface area contributed by atoms with Gasteiger partial charge in [-0.15, -0.1) is 0 Å². The van der Waals surface area contributed by atoms with Gasteiger partial charge in [-0.3, -0.25) is 9.78 Å². The van der Waals surface area contributed by atoms with Crippen molar-refractivity contribution in [3.63, 3.8) is 0 Å². The van der Waals surface area contributed by atoms with E-state index in [0.717, 1.165) is 6.07 Å². The lowest BCUT2D eigenvalue weighted by Gasteiger charge is -2.36. The predicted octanol–water partition coefficient (Wildman–Crippen LogP) is 3.92. The molecule has 0 radical (unpaired) electrons. The van der Waals surface area contributed by atoms with Gasteiger partial charge in [-0.05, 0) is 36.8 Å². The second-order valence-corrected chi connectivity index (χ2v) is 6.08. The summed E-state index contributed by atoms with van der Waals surface area (Å²) < 4.78 is 113. The van der Waals surface area contributed by atoms with Crippen LogP contribution in [-0.4, -0.2) is 41.0 Å². The van der Waals surface area contributed by atoms with Crippen molar-refractivity contribution in [1.29, 1.82) is 0 Å². The zero-order valence-corrected chi connectivity index (χ0v) is 14.8. The second-order valence-electron chi connectivity index (χ2n) is 5.67. The number of nitrogens with zero attached hydrogens (tertiary/aromatic N) is 2. The molecule has 3 rings (SSSR count). The standard InChI is InChI=1S/C20H22ClF2N3O/c1-14-2-4-16(25-11-14)12-24-13-20(23)6-8-26(9-7-20)19(27)15-3-5-18(22)17(21)10-15/h2-5,10-11,24H,6-9,12-13H2,1H3/i6D2,7D2,8D2,9D2,12D,13D. The quantitative estimate of drug-likeness (QED) is 0.823. The molecule has 0 aliphatic carbocycles. The number of hydrogen-bond donors (Lipinski definition) is 1. The van der Waals surface area contributed by atoms with E-state index in [4.69, 9.17) is 25.3 Å². The van der Waals surface area contributed by atoms with Gasteiger partial charge in [0, 0.05) is 64.2 Å². The zero-order valence-electron chi connectivity index (χ0n) is 24.1. The molecule has 1 N–H and O–H groups in total. The first kappa shape index (κ1) is 10.5. The first-order valence-electron chi connectivity index (χ1n) is 12.9. The van der Waals surface area contributed by atoms with Crippen molar-refractivity contribution in [2.75, 3.05) is 19.5 Å². The summed E-state index contributed by atoms with van der Waals surface area (Å²) in [6, 6.07) is 5.13. The van der Waals surface area contributed by atoms with Crippen LogP contribution in [0, 0.1) is 12.7 Å². The van der Waals surface area contributed by atoms with E-state index < -0.39 is 71.7 Å². The van der Waals surface area contributed by atoms with Crippen molar-refractivity contribution in [2.45, 2.75) is 31.9 Å². The van der Waals surface area contributed by atoms with Gasteiger partial charge in [0.2, 0.25) is 0 Å². The van der Waals surface area contributed by atoms with Gasteiger partial charge >= 0.3 is 0 Å². The summed E-state index contributed by atoms with van der Waals surface area (Å²) in [6.45, 7) is -10.5. The first-order chi connectivity index (χ1) is 16.7. The predicted molar refractivity (Wildman–Crippen MR) is 101 cm³/mol. The molecular formula is C20H22ClF2N3O. The maximum atomic E-state index is 16.6. The van der Waals surface area contributed by atoms with E-state index in [-0.39, 0.29) is 5.69 Å². The Balaban J connectivity index is 2.10. The van der Waals surface area contributed by atoms with Gasteiger partial charge in [0.05, 0.1) is 10.7 Å². The molecule has 1 aromatic heterocycles. The number of nitrogens with one attached hydrogen (secondary N) is 1. The molecule has 2 heterocycles. The Labute approximate surface area is 176 Å². The van der Waals surface area contributed by atoms with Gasteiger partial charge in [0.25, 0.3) is 5.91 Å². The molecule has 1 aliphatic heterocycles. The molecule has 1 saturated heterocycles. The van der Waals surface area contributed by atoms with Crippen molar-refractivity contribution < 1.29 is 27.3 Å². The minimum atomic E-state index is -4.30. The highest BCUT2D eigenvalue weighted by atomic mass is 35.5. The topological polar surface area (TPSA) is 45.2 Å². The number of halogens is 3. The number of aromatic nitrogens is 1. The summed E-state index contributed by atoms with van der Waals surface area (Å²) in [5.41, 5.74) is -4.24. The third-order valence-corrected chi connectivity index (χ3v) is 3.81. The van der Waals surface area contributed by atoms with Crippen LogP contribution in [0.1, 0.15) is 48.1 Å². The van der Waals surface area contributed by atoms with E-state index in [1.54, 1.807) is 13.0 Å². The fraction of sp³-hybridized carbons (Fsp3) is 0.400. The number of carbonyl (C=O) groups excluding carboxylic acids is 1. The number of amides is 1. The lowest BCUT2D eigenvalue weighted by molar-refractivity contribution is 0.0434. The Bertz CT molecular complexity index is 1170. The summed E-state index contributed by atoms with van der Waals surface area (Å²) in [7, 11) is 0. The Morgan fingerprint density at radius 2 is 2.15 bits per heavy atom. The maximum Gasteiger partial charge on any atom is 0.253 e. The summed E-state index contributed by atoms with van der Waals surface area (Å²) >= 11 is 5.65. The molecule has 2 atom stereocenters. The number of hydrogen-bond acceptors (Lipinski definition) is 3. The molecule has 0 bridgehead atoms.